The molecule has 0 bridgehead atoms. The predicted octanol–water partition coefficient (Wildman–Crippen LogP) is 1.85. The highest BCUT2D eigenvalue weighted by Crippen LogP contribution is 2.08. The van der Waals surface area contributed by atoms with E-state index in [2.05, 4.69) is 15.8 Å². The molecule has 0 spiro atoms. The molecule has 27 heavy (non-hydrogen) atoms. The molecule has 0 unspecified atom stereocenters. The van der Waals surface area contributed by atoms with Crippen molar-refractivity contribution in [2.45, 2.75) is 33.2 Å². The molecular weight excluding hydrogens is 350 g/mol. The van der Waals surface area contributed by atoms with Crippen LogP contribution in [0.25, 0.3) is 0 Å². The van der Waals surface area contributed by atoms with Gasteiger partial charge in [-0.2, -0.15) is 0 Å². The van der Waals surface area contributed by atoms with Crippen LogP contribution >= 0.6 is 0 Å². The van der Waals surface area contributed by atoms with Crippen molar-refractivity contribution in [3.05, 3.63) is 47.7 Å². The minimum Gasteiger partial charge on any atom is -0.454 e. The molecule has 0 saturated heterocycles. The summed E-state index contributed by atoms with van der Waals surface area (Å²) in [5, 5.41) is 8.74. The summed E-state index contributed by atoms with van der Waals surface area (Å²) in [4.78, 5) is 36.3. The molecule has 1 aromatic carbocycles. The number of nitrogens with zero attached hydrogens (tertiary/aromatic N) is 1. The average molecular weight is 373 g/mol. The minimum atomic E-state index is -0.844. The Kier molecular flexibility index (Phi) is 7.10. The minimum absolute atomic E-state index is 0.156. The zero-order chi connectivity index (χ0) is 19.8. The van der Waals surface area contributed by atoms with Gasteiger partial charge >= 0.3 is 5.97 Å². The molecule has 0 radical (unpaired) electrons. The third kappa shape index (κ3) is 6.58. The van der Waals surface area contributed by atoms with E-state index in [-0.39, 0.29) is 24.1 Å². The first kappa shape index (κ1) is 20.2. The SMILES string of the molecule is Cc1cc(NC(=O)COC(=O)[C@@H](NC(=O)Cc2ccccc2)C(C)C)no1. The number of rotatable bonds is 8. The van der Waals surface area contributed by atoms with Crippen LogP contribution in [-0.4, -0.2) is 35.6 Å². The van der Waals surface area contributed by atoms with E-state index >= 15 is 0 Å². The summed E-state index contributed by atoms with van der Waals surface area (Å²) in [5.41, 5.74) is 0.841. The Hall–Kier alpha value is -3.16. The van der Waals surface area contributed by atoms with Gasteiger partial charge in [-0.05, 0) is 18.4 Å². The Balaban J connectivity index is 1.84. The van der Waals surface area contributed by atoms with Crippen molar-refractivity contribution in [1.82, 2.24) is 10.5 Å². The van der Waals surface area contributed by atoms with Gasteiger partial charge in [0.15, 0.2) is 12.4 Å². The fraction of sp³-hybridized carbons (Fsp3) is 0.368. The van der Waals surface area contributed by atoms with Gasteiger partial charge < -0.3 is 19.9 Å². The molecule has 8 nitrogen and oxygen atoms in total. The van der Waals surface area contributed by atoms with Crippen LogP contribution < -0.4 is 10.6 Å². The van der Waals surface area contributed by atoms with Crippen LogP contribution in [0, 0.1) is 12.8 Å². The van der Waals surface area contributed by atoms with Crippen molar-refractivity contribution >= 4 is 23.6 Å². The number of esters is 1. The number of amides is 2. The molecule has 2 rings (SSSR count). The van der Waals surface area contributed by atoms with E-state index in [0.29, 0.717) is 5.76 Å². The normalized spacial score (nSPS) is 11.7. The largest absolute Gasteiger partial charge is 0.454 e. The van der Waals surface area contributed by atoms with Crippen LogP contribution in [0.1, 0.15) is 25.2 Å². The number of ether oxygens (including phenoxy) is 1. The number of hydrogen-bond donors (Lipinski definition) is 2. The lowest BCUT2D eigenvalue weighted by atomic mass is 10.0. The van der Waals surface area contributed by atoms with Gasteiger partial charge in [0.25, 0.3) is 5.91 Å². The lowest BCUT2D eigenvalue weighted by molar-refractivity contribution is -0.151. The van der Waals surface area contributed by atoms with Gasteiger partial charge in [0.1, 0.15) is 11.8 Å². The highest BCUT2D eigenvalue weighted by Gasteiger charge is 2.26. The zero-order valence-corrected chi connectivity index (χ0v) is 15.5. The van der Waals surface area contributed by atoms with E-state index in [1.807, 2.05) is 30.3 Å². The van der Waals surface area contributed by atoms with Gasteiger partial charge in [0, 0.05) is 6.07 Å². The molecule has 0 fully saturated rings. The fourth-order valence-corrected chi connectivity index (χ4v) is 2.33. The number of nitrogens with one attached hydrogen (secondary N) is 2. The molecule has 1 aromatic heterocycles. The number of hydrogen-bond acceptors (Lipinski definition) is 6. The quantitative estimate of drug-likeness (QED) is 0.683. The summed E-state index contributed by atoms with van der Waals surface area (Å²) in [7, 11) is 0. The predicted molar refractivity (Wildman–Crippen MR) is 97.7 cm³/mol. The molecule has 2 aromatic rings. The van der Waals surface area contributed by atoms with E-state index < -0.39 is 24.5 Å². The van der Waals surface area contributed by atoms with Gasteiger partial charge in [-0.15, -0.1) is 0 Å². The van der Waals surface area contributed by atoms with Crippen LogP contribution in [0.15, 0.2) is 40.9 Å². The maximum absolute atomic E-state index is 12.3. The standard InChI is InChI=1S/C19H23N3O5/c1-12(2)18(21-16(23)10-14-7-5-4-6-8-14)19(25)26-11-17(24)20-15-9-13(3)27-22-15/h4-9,12,18H,10-11H2,1-3H3,(H,21,23)(H,20,22,24)/t18-/m0/s1. The lowest BCUT2D eigenvalue weighted by Gasteiger charge is -2.20. The first-order valence-electron chi connectivity index (χ1n) is 8.58. The highest BCUT2D eigenvalue weighted by molar-refractivity contribution is 5.93. The molecule has 1 heterocycles. The molecule has 0 aliphatic heterocycles. The molecule has 144 valence electrons. The van der Waals surface area contributed by atoms with Crippen molar-refractivity contribution in [3.8, 4) is 0 Å². The number of aromatic nitrogens is 1. The molecule has 0 aliphatic rings. The summed E-state index contributed by atoms with van der Waals surface area (Å²) in [6.07, 6.45) is 0.156. The van der Waals surface area contributed by atoms with E-state index in [1.54, 1.807) is 26.8 Å². The molecule has 2 N–H and O–H groups in total. The first-order valence-corrected chi connectivity index (χ1v) is 8.58. The summed E-state index contributed by atoms with van der Waals surface area (Å²) in [6.45, 7) is 4.77. The molecule has 2 amide bonds. The molecule has 1 atom stereocenters. The molecule has 0 aliphatic carbocycles. The summed E-state index contributed by atoms with van der Waals surface area (Å²) in [6, 6.07) is 9.90. The Bertz CT molecular complexity index is 786. The van der Waals surface area contributed by atoms with Gasteiger partial charge in [-0.3, -0.25) is 9.59 Å². The van der Waals surface area contributed by atoms with Crippen LogP contribution in [0.2, 0.25) is 0 Å². The monoisotopic (exact) mass is 373 g/mol. The van der Waals surface area contributed by atoms with Gasteiger partial charge in [0.05, 0.1) is 6.42 Å². The van der Waals surface area contributed by atoms with Gasteiger partial charge in [-0.1, -0.05) is 49.3 Å². The third-order valence-electron chi connectivity index (χ3n) is 3.69. The molecule has 8 heteroatoms. The number of anilines is 1. The summed E-state index contributed by atoms with van der Waals surface area (Å²) >= 11 is 0. The fourth-order valence-electron chi connectivity index (χ4n) is 2.33. The maximum atomic E-state index is 12.3. The van der Waals surface area contributed by atoms with E-state index in [0.717, 1.165) is 5.56 Å². The number of aryl methyl sites for hydroxylation is 1. The van der Waals surface area contributed by atoms with Crippen molar-refractivity contribution in [1.29, 1.82) is 0 Å². The number of benzene rings is 1. The van der Waals surface area contributed by atoms with Crippen LogP contribution in [0.3, 0.4) is 0 Å². The second kappa shape index (κ2) is 9.51. The zero-order valence-electron chi connectivity index (χ0n) is 15.5. The van der Waals surface area contributed by atoms with E-state index in [1.165, 1.54) is 0 Å². The Morgan fingerprint density at radius 1 is 1.15 bits per heavy atom. The lowest BCUT2D eigenvalue weighted by Crippen LogP contribution is -2.46. The van der Waals surface area contributed by atoms with Gasteiger partial charge in [0.2, 0.25) is 5.91 Å². The van der Waals surface area contributed by atoms with Crippen LogP contribution in [-0.2, 0) is 25.5 Å². The second-order valence-corrected chi connectivity index (χ2v) is 6.43. The Morgan fingerprint density at radius 2 is 1.85 bits per heavy atom. The van der Waals surface area contributed by atoms with Crippen molar-refractivity contribution in [2.24, 2.45) is 5.92 Å². The second-order valence-electron chi connectivity index (χ2n) is 6.43. The van der Waals surface area contributed by atoms with Crippen LogP contribution in [0.4, 0.5) is 5.82 Å². The Labute approximate surface area is 157 Å². The van der Waals surface area contributed by atoms with Crippen LogP contribution in [0.5, 0.6) is 0 Å². The van der Waals surface area contributed by atoms with Crippen molar-refractivity contribution in [3.63, 3.8) is 0 Å². The van der Waals surface area contributed by atoms with Crippen molar-refractivity contribution < 1.29 is 23.6 Å². The van der Waals surface area contributed by atoms with E-state index in [4.69, 9.17) is 9.26 Å². The summed E-state index contributed by atoms with van der Waals surface area (Å²) in [5.74, 6) is -0.918. The topological polar surface area (TPSA) is 111 Å². The number of carbonyl (C=O) groups excluding carboxylic acids is 3. The maximum Gasteiger partial charge on any atom is 0.329 e. The highest BCUT2D eigenvalue weighted by atomic mass is 16.5. The van der Waals surface area contributed by atoms with Crippen molar-refractivity contribution in [2.75, 3.05) is 11.9 Å². The van der Waals surface area contributed by atoms with E-state index in [9.17, 15) is 14.4 Å². The summed E-state index contributed by atoms with van der Waals surface area (Å²) < 4.78 is 9.87. The number of carbonyl (C=O) groups is 3. The molecule has 0 saturated carbocycles. The smallest absolute Gasteiger partial charge is 0.329 e. The van der Waals surface area contributed by atoms with Gasteiger partial charge in [-0.25, -0.2) is 4.79 Å². The molecular formula is C19H23N3O5. The average Bonchev–Trinajstić information content (AvgIpc) is 3.03. The third-order valence-corrected chi connectivity index (χ3v) is 3.69. The Morgan fingerprint density at radius 3 is 2.44 bits per heavy atom. The first-order chi connectivity index (χ1) is 12.8.